The summed E-state index contributed by atoms with van der Waals surface area (Å²) in [5.41, 5.74) is 0.905. The molecular weight excluding hydrogens is 260 g/mol. The number of hydrogen-bond donors (Lipinski definition) is 2. The van der Waals surface area contributed by atoms with Crippen LogP contribution in [0.15, 0.2) is 6.20 Å². The van der Waals surface area contributed by atoms with Gasteiger partial charge in [-0.3, -0.25) is 10.00 Å². The molecule has 7 heteroatoms. The lowest BCUT2D eigenvalue weighted by Crippen LogP contribution is -2.34. The highest BCUT2D eigenvalue weighted by molar-refractivity contribution is 5.86. The van der Waals surface area contributed by atoms with Crippen LogP contribution < -0.4 is 0 Å². The van der Waals surface area contributed by atoms with Gasteiger partial charge in [-0.2, -0.15) is 5.10 Å². The molecule has 0 spiro atoms. The van der Waals surface area contributed by atoms with E-state index in [4.69, 9.17) is 9.84 Å². The average Bonchev–Trinajstić information content (AvgIpc) is 2.71. The van der Waals surface area contributed by atoms with Crippen molar-refractivity contribution in [2.45, 2.75) is 6.54 Å². The Morgan fingerprint density at radius 3 is 3.15 bits per heavy atom. The van der Waals surface area contributed by atoms with Crippen molar-refractivity contribution in [3.8, 4) is 0 Å². The summed E-state index contributed by atoms with van der Waals surface area (Å²) >= 11 is 0. The van der Waals surface area contributed by atoms with E-state index in [1.165, 1.54) is 0 Å². The number of H-pyrrole nitrogens is 1. The second-order valence-electron chi connectivity index (χ2n) is 5.51. The van der Waals surface area contributed by atoms with E-state index in [0.29, 0.717) is 19.1 Å². The average molecular weight is 282 g/mol. The lowest BCUT2D eigenvalue weighted by molar-refractivity contribution is 0.0688. The maximum absolute atomic E-state index is 11.1. The maximum Gasteiger partial charge on any atom is 0.354 e. The third kappa shape index (κ3) is 4.03. The number of rotatable bonds is 5. The highest BCUT2D eigenvalue weighted by Gasteiger charge is 2.21. The van der Waals surface area contributed by atoms with Crippen LogP contribution in [0.25, 0.3) is 0 Å². The predicted molar refractivity (Wildman–Crippen MR) is 73.7 cm³/mol. The van der Waals surface area contributed by atoms with Gasteiger partial charge in [0.15, 0.2) is 0 Å². The number of ether oxygens (including phenoxy) is 1. The van der Waals surface area contributed by atoms with Gasteiger partial charge in [-0.05, 0) is 14.1 Å². The molecule has 1 aliphatic rings. The number of aromatic nitrogens is 2. The van der Waals surface area contributed by atoms with E-state index in [0.717, 1.165) is 31.8 Å². The van der Waals surface area contributed by atoms with Gasteiger partial charge >= 0.3 is 5.97 Å². The van der Waals surface area contributed by atoms with Crippen LogP contribution in [0.4, 0.5) is 0 Å². The summed E-state index contributed by atoms with van der Waals surface area (Å²) in [5.74, 6) is -0.527. The van der Waals surface area contributed by atoms with E-state index in [1.54, 1.807) is 6.20 Å². The molecule has 0 bridgehead atoms. The van der Waals surface area contributed by atoms with Gasteiger partial charge in [0.2, 0.25) is 0 Å². The Bertz CT molecular complexity index is 447. The van der Waals surface area contributed by atoms with Gasteiger partial charge in [-0.15, -0.1) is 0 Å². The third-order valence-corrected chi connectivity index (χ3v) is 3.37. The molecule has 1 fully saturated rings. The fourth-order valence-electron chi connectivity index (χ4n) is 2.58. The topological polar surface area (TPSA) is 81.7 Å². The zero-order valence-electron chi connectivity index (χ0n) is 12.0. The summed E-state index contributed by atoms with van der Waals surface area (Å²) in [6.45, 7) is 4.71. The highest BCUT2D eigenvalue weighted by atomic mass is 16.5. The van der Waals surface area contributed by atoms with Gasteiger partial charge < -0.3 is 14.7 Å². The Kier molecular flexibility index (Phi) is 5.11. The first-order chi connectivity index (χ1) is 9.56. The van der Waals surface area contributed by atoms with Gasteiger partial charge in [0.1, 0.15) is 5.69 Å². The smallest absolute Gasteiger partial charge is 0.354 e. The normalized spacial score (nSPS) is 21.1. The van der Waals surface area contributed by atoms with Crippen molar-refractivity contribution < 1.29 is 14.6 Å². The standard InChI is InChI=1S/C13H22N4O3/c1-16(2)6-10-7-17(3-4-20-9-10)8-11-5-14-15-12(11)13(18)19/h5,10H,3-4,6-9H2,1-2H3,(H,14,15)(H,18,19). The van der Waals surface area contributed by atoms with Crippen molar-refractivity contribution in [3.05, 3.63) is 17.5 Å². The fourth-order valence-corrected chi connectivity index (χ4v) is 2.58. The van der Waals surface area contributed by atoms with Crippen LogP contribution >= 0.6 is 0 Å². The number of nitrogens with zero attached hydrogens (tertiary/aromatic N) is 3. The number of carboxylic acids is 1. The maximum atomic E-state index is 11.1. The molecule has 112 valence electrons. The molecule has 2 N–H and O–H groups in total. The summed E-state index contributed by atoms with van der Waals surface area (Å²) < 4.78 is 5.63. The Labute approximate surface area is 118 Å². The van der Waals surface area contributed by atoms with E-state index < -0.39 is 5.97 Å². The van der Waals surface area contributed by atoms with E-state index >= 15 is 0 Å². The molecule has 0 radical (unpaired) electrons. The molecule has 1 atom stereocenters. The number of aromatic carboxylic acids is 1. The summed E-state index contributed by atoms with van der Waals surface area (Å²) in [4.78, 5) is 15.5. The third-order valence-electron chi connectivity index (χ3n) is 3.37. The molecule has 2 rings (SSSR count). The first-order valence-electron chi connectivity index (χ1n) is 6.76. The minimum Gasteiger partial charge on any atom is -0.477 e. The Balaban J connectivity index is 2.00. The second kappa shape index (κ2) is 6.83. The molecule has 0 saturated carbocycles. The molecule has 0 aromatic carbocycles. The molecule has 0 amide bonds. The highest BCUT2D eigenvalue weighted by Crippen LogP contribution is 2.13. The monoisotopic (exact) mass is 282 g/mol. The quantitative estimate of drug-likeness (QED) is 0.798. The van der Waals surface area contributed by atoms with Crippen LogP contribution in [0.3, 0.4) is 0 Å². The minimum atomic E-state index is -0.964. The van der Waals surface area contributed by atoms with Gasteiger partial charge in [-0.25, -0.2) is 4.79 Å². The first-order valence-corrected chi connectivity index (χ1v) is 6.76. The number of nitrogens with one attached hydrogen (secondary N) is 1. The lowest BCUT2D eigenvalue weighted by atomic mass is 10.1. The van der Waals surface area contributed by atoms with Crippen molar-refractivity contribution in [1.82, 2.24) is 20.0 Å². The molecule has 20 heavy (non-hydrogen) atoms. The summed E-state index contributed by atoms with van der Waals surface area (Å²) in [6.07, 6.45) is 1.59. The SMILES string of the molecule is CN(C)CC1COCCN(Cc2cn[nH]c2C(=O)O)C1. The minimum absolute atomic E-state index is 0.180. The first kappa shape index (κ1) is 15.0. The van der Waals surface area contributed by atoms with Crippen molar-refractivity contribution in [3.63, 3.8) is 0 Å². The van der Waals surface area contributed by atoms with E-state index in [1.807, 2.05) is 14.1 Å². The van der Waals surface area contributed by atoms with Crippen molar-refractivity contribution in [1.29, 1.82) is 0 Å². The molecule has 2 heterocycles. The van der Waals surface area contributed by atoms with E-state index in [9.17, 15) is 4.79 Å². The summed E-state index contributed by atoms with van der Waals surface area (Å²) in [6, 6.07) is 0. The van der Waals surface area contributed by atoms with Crippen LogP contribution in [0.1, 0.15) is 16.1 Å². The number of carboxylic acid groups (broad SMARTS) is 1. The predicted octanol–water partition coefficient (Wildman–Crippen LogP) is 0.118. The Morgan fingerprint density at radius 1 is 1.65 bits per heavy atom. The van der Waals surface area contributed by atoms with Crippen LogP contribution in [0, 0.1) is 5.92 Å². The van der Waals surface area contributed by atoms with Crippen LogP contribution in [-0.2, 0) is 11.3 Å². The Hall–Kier alpha value is -1.44. The summed E-state index contributed by atoms with van der Waals surface area (Å²) in [5, 5.41) is 15.5. The van der Waals surface area contributed by atoms with Gasteiger partial charge in [0.05, 0.1) is 19.4 Å². The van der Waals surface area contributed by atoms with E-state index in [-0.39, 0.29) is 5.69 Å². The largest absolute Gasteiger partial charge is 0.477 e. The van der Waals surface area contributed by atoms with Crippen molar-refractivity contribution in [2.75, 3.05) is 46.9 Å². The molecule has 0 aliphatic carbocycles. The Morgan fingerprint density at radius 2 is 2.45 bits per heavy atom. The van der Waals surface area contributed by atoms with Gasteiger partial charge in [-0.1, -0.05) is 0 Å². The van der Waals surface area contributed by atoms with Crippen molar-refractivity contribution >= 4 is 5.97 Å². The van der Waals surface area contributed by atoms with Crippen LogP contribution in [-0.4, -0.2) is 78.0 Å². The van der Waals surface area contributed by atoms with Crippen LogP contribution in [0.5, 0.6) is 0 Å². The van der Waals surface area contributed by atoms with E-state index in [2.05, 4.69) is 20.0 Å². The lowest BCUT2D eigenvalue weighted by Gasteiger charge is -2.24. The van der Waals surface area contributed by atoms with Gasteiger partial charge in [0.25, 0.3) is 0 Å². The van der Waals surface area contributed by atoms with Gasteiger partial charge in [0, 0.05) is 37.7 Å². The molecule has 1 aromatic heterocycles. The molecule has 1 unspecified atom stereocenters. The molecular formula is C13H22N4O3. The molecule has 1 aromatic rings. The number of hydrogen-bond acceptors (Lipinski definition) is 5. The summed E-state index contributed by atoms with van der Waals surface area (Å²) in [7, 11) is 4.10. The number of aromatic amines is 1. The zero-order chi connectivity index (χ0) is 14.5. The fraction of sp³-hybridized carbons (Fsp3) is 0.692. The number of carbonyl (C=O) groups is 1. The molecule has 1 saturated heterocycles. The zero-order valence-corrected chi connectivity index (χ0v) is 12.0. The molecule has 1 aliphatic heterocycles. The second-order valence-corrected chi connectivity index (χ2v) is 5.51. The van der Waals surface area contributed by atoms with Crippen LogP contribution in [0.2, 0.25) is 0 Å². The van der Waals surface area contributed by atoms with Crippen molar-refractivity contribution in [2.24, 2.45) is 5.92 Å². The molecule has 7 nitrogen and oxygen atoms in total.